The highest BCUT2D eigenvalue weighted by Gasteiger charge is 2.26. The Balaban J connectivity index is 0.00000392. The summed E-state index contributed by atoms with van der Waals surface area (Å²) in [5.41, 5.74) is -0.0976. The number of aliphatic imine (C=N–C) groups is 1. The molecular formula is C20H30FIN4O2. The third-order valence-corrected chi connectivity index (χ3v) is 4.09. The number of halogens is 2. The number of nitrogens with one attached hydrogen (secondary N) is 2. The van der Waals surface area contributed by atoms with Crippen LogP contribution in [0.1, 0.15) is 25.2 Å². The van der Waals surface area contributed by atoms with Gasteiger partial charge in [-0.05, 0) is 50.7 Å². The summed E-state index contributed by atoms with van der Waals surface area (Å²) in [6.07, 6.45) is 1.54. The second kappa shape index (κ2) is 12.0. The summed E-state index contributed by atoms with van der Waals surface area (Å²) in [5.74, 6) is 0.903. The molecule has 6 nitrogen and oxygen atoms in total. The Bertz CT molecular complexity index is 706. The zero-order chi connectivity index (χ0) is 19.7. The standard InChI is InChI=1S/C20H29FN4O2.HI/c1-4-22-19(24-15-20(2,26)18-6-5-13-27-18)23-11-12-25(3)14-16-7-9-17(21)10-8-16;/h5-10,13,26H,4,11-12,14-15H2,1-3H3,(H2,22,23,24);1H. The summed E-state index contributed by atoms with van der Waals surface area (Å²) in [5, 5.41) is 16.9. The van der Waals surface area contributed by atoms with Crippen molar-refractivity contribution < 1.29 is 13.9 Å². The molecule has 156 valence electrons. The first-order chi connectivity index (χ1) is 12.9. The van der Waals surface area contributed by atoms with E-state index in [9.17, 15) is 9.50 Å². The Morgan fingerprint density at radius 3 is 2.57 bits per heavy atom. The van der Waals surface area contributed by atoms with Gasteiger partial charge in [-0.25, -0.2) is 9.38 Å². The van der Waals surface area contributed by atoms with Crippen LogP contribution in [0.5, 0.6) is 0 Å². The Morgan fingerprint density at radius 2 is 1.96 bits per heavy atom. The fourth-order valence-electron chi connectivity index (χ4n) is 2.58. The second-order valence-electron chi connectivity index (χ2n) is 6.74. The van der Waals surface area contributed by atoms with E-state index in [0.717, 1.165) is 25.2 Å². The molecule has 1 heterocycles. The van der Waals surface area contributed by atoms with E-state index in [1.54, 1.807) is 31.2 Å². The molecule has 3 N–H and O–H groups in total. The topological polar surface area (TPSA) is 73.0 Å². The lowest BCUT2D eigenvalue weighted by Gasteiger charge is -2.21. The van der Waals surface area contributed by atoms with Gasteiger partial charge in [0.05, 0.1) is 12.8 Å². The van der Waals surface area contributed by atoms with Gasteiger partial charge in [-0.2, -0.15) is 0 Å². The van der Waals surface area contributed by atoms with Crippen LogP contribution in [0, 0.1) is 5.82 Å². The van der Waals surface area contributed by atoms with E-state index in [1.165, 1.54) is 18.4 Å². The lowest BCUT2D eigenvalue weighted by atomic mass is 10.0. The molecule has 0 amide bonds. The average molecular weight is 504 g/mol. The van der Waals surface area contributed by atoms with Crippen LogP contribution in [0.2, 0.25) is 0 Å². The van der Waals surface area contributed by atoms with Crippen molar-refractivity contribution in [2.45, 2.75) is 26.0 Å². The quantitative estimate of drug-likeness (QED) is 0.278. The fourth-order valence-corrected chi connectivity index (χ4v) is 2.58. The minimum absolute atomic E-state index is 0. The minimum atomic E-state index is -1.16. The summed E-state index contributed by atoms with van der Waals surface area (Å²) in [6, 6.07) is 10.0. The molecule has 1 unspecified atom stereocenters. The number of hydrogen-bond acceptors (Lipinski definition) is 4. The molecule has 0 aliphatic carbocycles. The van der Waals surface area contributed by atoms with Crippen LogP contribution in [-0.4, -0.2) is 49.2 Å². The first kappa shape index (κ1) is 24.4. The normalized spacial score (nSPS) is 13.7. The van der Waals surface area contributed by atoms with Gasteiger partial charge in [0.25, 0.3) is 0 Å². The van der Waals surface area contributed by atoms with Crippen LogP contribution >= 0.6 is 24.0 Å². The lowest BCUT2D eigenvalue weighted by Crippen LogP contribution is -2.41. The molecule has 1 aromatic heterocycles. The number of nitrogens with zero attached hydrogens (tertiary/aromatic N) is 2. The van der Waals surface area contributed by atoms with E-state index in [1.807, 2.05) is 14.0 Å². The maximum Gasteiger partial charge on any atom is 0.191 e. The molecule has 28 heavy (non-hydrogen) atoms. The van der Waals surface area contributed by atoms with Crippen molar-refractivity contribution in [3.8, 4) is 0 Å². The van der Waals surface area contributed by atoms with E-state index in [0.29, 0.717) is 18.3 Å². The van der Waals surface area contributed by atoms with Crippen LogP contribution in [0.4, 0.5) is 4.39 Å². The number of rotatable bonds is 9. The highest BCUT2D eigenvalue weighted by atomic mass is 127. The average Bonchev–Trinajstić information content (AvgIpc) is 3.17. The van der Waals surface area contributed by atoms with E-state index in [4.69, 9.17) is 4.42 Å². The van der Waals surface area contributed by atoms with Gasteiger partial charge in [-0.15, -0.1) is 24.0 Å². The van der Waals surface area contributed by atoms with E-state index < -0.39 is 5.60 Å². The summed E-state index contributed by atoms with van der Waals surface area (Å²) in [7, 11) is 2.01. The predicted molar refractivity (Wildman–Crippen MR) is 120 cm³/mol. The van der Waals surface area contributed by atoms with E-state index >= 15 is 0 Å². The molecule has 1 aromatic carbocycles. The van der Waals surface area contributed by atoms with Crippen molar-refractivity contribution >= 4 is 29.9 Å². The van der Waals surface area contributed by atoms with Crippen LogP contribution in [0.3, 0.4) is 0 Å². The number of guanidine groups is 1. The molecule has 2 aromatic rings. The summed E-state index contributed by atoms with van der Waals surface area (Å²) in [6.45, 7) is 6.78. The maximum absolute atomic E-state index is 13.0. The number of hydrogen-bond donors (Lipinski definition) is 3. The van der Waals surface area contributed by atoms with Gasteiger partial charge in [0.15, 0.2) is 5.96 Å². The van der Waals surface area contributed by atoms with Gasteiger partial charge >= 0.3 is 0 Å². The lowest BCUT2D eigenvalue weighted by molar-refractivity contribution is 0.0437. The Morgan fingerprint density at radius 1 is 1.25 bits per heavy atom. The zero-order valence-corrected chi connectivity index (χ0v) is 18.9. The van der Waals surface area contributed by atoms with Gasteiger partial charge in [-0.1, -0.05) is 12.1 Å². The van der Waals surface area contributed by atoms with E-state index in [-0.39, 0.29) is 36.3 Å². The summed E-state index contributed by atoms with van der Waals surface area (Å²) >= 11 is 0. The third kappa shape index (κ3) is 8.15. The molecule has 0 saturated carbocycles. The van der Waals surface area contributed by atoms with Gasteiger partial charge < -0.3 is 25.1 Å². The summed E-state index contributed by atoms with van der Waals surface area (Å²) in [4.78, 5) is 6.60. The molecule has 2 rings (SSSR count). The van der Waals surface area contributed by atoms with Crippen molar-refractivity contribution in [3.05, 3.63) is 59.8 Å². The van der Waals surface area contributed by atoms with Crippen LogP contribution in [0.25, 0.3) is 0 Å². The van der Waals surface area contributed by atoms with Crippen molar-refractivity contribution in [2.24, 2.45) is 4.99 Å². The molecule has 0 saturated heterocycles. The van der Waals surface area contributed by atoms with Crippen molar-refractivity contribution in [1.82, 2.24) is 15.5 Å². The molecule has 1 atom stereocenters. The highest BCUT2D eigenvalue weighted by Crippen LogP contribution is 2.20. The smallest absolute Gasteiger partial charge is 0.191 e. The predicted octanol–water partition coefficient (Wildman–Crippen LogP) is 2.93. The van der Waals surface area contributed by atoms with Gasteiger partial charge in [0.2, 0.25) is 0 Å². The van der Waals surface area contributed by atoms with Crippen LogP contribution in [0.15, 0.2) is 52.1 Å². The Kier molecular flexibility index (Phi) is 10.5. The Hall–Kier alpha value is -1.65. The fraction of sp³-hybridized carbons (Fsp3) is 0.450. The largest absolute Gasteiger partial charge is 0.466 e. The third-order valence-electron chi connectivity index (χ3n) is 4.09. The minimum Gasteiger partial charge on any atom is -0.466 e. The van der Waals surface area contributed by atoms with Crippen molar-refractivity contribution in [2.75, 3.05) is 33.2 Å². The highest BCUT2D eigenvalue weighted by molar-refractivity contribution is 14.0. The van der Waals surface area contributed by atoms with Crippen LogP contribution in [-0.2, 0) is 12.1 Å². The number of furan rings is 1. The van der Waals surface area contributed by atoms with Gasteiger partial charge in [0, 0.05) is 26.2 Å². The monoisotopic (exact) mass is 504 g/mol. The molecule has 0 aliphatic heterocycles. The van der Waals surface area contributed by atoms with Crippen molar-refractivity contribution in [3.63, 3.8) is 0 Å². The van der Waals surface area contributed by atoms with Gasteiger partial charge in [-0.3, -0.25) is 0 Å². The molecule has 8 heteroatoms. The molecule has 0 aliphatic rings. The molecule has 0 spiro atoms. The second-order valence-corrected chi connectivity index (χ2v) is 6.74. The van der Waals surface area contributed by atoms with E-state index in [2.05, 4.69) is 20.5 Å². The maximum atomic E-state index is 13.0. The number of aliphatic hydroxyl groups is 1. The first-order valence-electron chi connectivity index (χ1n) is 9.12. The van der Waals surface area contributed by atoms with Gasteiger partial charge in [0.1, 0.15) is 17.2 Å². The number of likely N-dealkylation sites (N-methyl/N-ethyl adjacent to an activating group) is 1. The molecule has 0 radical (unpaired) electrons. The van der Waals surface area contributed by atoms with Crippen molar-refractivity contribution in [1.29, 1.82) is 0 Å². The summed E-state index contributed by atoms with van der Waals surface area (Å²) < 4.78 is 18.2. The first-order valence-corrected chi connectivity index (χ1v) is 9.12. The zero-order valence-electron chi connectivity index (χ0n) is 16.6. The SMILES string of the molecule is CCNC(=NCC(C)(O)c1ccco1)NCCN(C)Cc1ccc(F)cc1.I. The molecular weight excluding hydrogens is 474 g/mol. The molecule has 0 fully saturated rings. The molecule has 0 bridgehead atoms. The van der Waals surface area contributed by atoms with Crippen LogP contribution < -0.4 is 10.6 Å². The Labute approximate surface area is 183 Å². The number of benzene rings is 1.